The Kier molecular flexibility index (Phi) is 6.51. The number of benzene rings is 3. The summed E-state index contributed by atoms with van der Waals surface area (Å²) in [5.41, 5.74) is 2.97. The van der Waals surface area contributed by atoms with Crippen LogP contribution in [0.5, 0.6) is 0 Å². The smallest absolute Gasteiger partial charge is 0.319 e. The first-order chi connectivity index (χ1) is 15.1. The summed E-state index contributed by atoms with van der Waals surface area (Å²) in [6, 6.07) is 21.9. The van der Waals surface area contributed by atoms with E-state index in [1.807, 2.05) is 54.3 Å². The Morgan fingerprint density at radius 2 is 1.77 bits per heavy atom. The molecule has 1 heterocycles. The molecule has 5 heteroatoms. The van der Waals surface area contributed by atoms with Crippen molar-refractivity contribution >= 4 is 28.4 Å². The minimum absolute atomic E-state index is 0.157. The van der Waals surface area contributed by atoms with E-state index in [9.17, 15) is 9.59 Å². The van der Waals surface area contributed by atoms with Gasteiger partial charge in [-0.2, -0.15) is 0 Å². The maximum atomic E-state index is 12.9. The van der Waals surface area contributed by atoms with Gasteiger partial charge in [-0.3, -0.25) is 4.79 Å². The van der Waals surface area contributed by atoms with Gasteiger partial charge in [0.25, 0.3) is 0 Å². The Morgan fingerprint density at radius 3 is 2.58 bits per heavy atom. The minimum atomic E-state index is -0.205. The number of anilines is 1. The van der Waals surface area contributed by atoms with Crippen LogP contribution in [-0.2, 0) is 11.2 Å². The number of fused-ring (bicyclic) bond motifs is 1. The molecule has 2 N–H and O–H groups in total. The van der Waals surface area contributed by atoms with Crippen LogP contribution in [-0.4, -0.2) is 36.5 Å². The van der Waals surface area contributed by atoms with Crippen LogP contribution in [0.4, 0.5) is 10.5 Å². The minimum Gasteiger partial charge on any atom is -0.342 e. The summed E-state index contributed by atoms with van der Waals surface area (Å²) < 4.78 is 0. The largest absolute Gasteiger partial charge is 0.342 e. The zero-order valence-corrected chi connectivity index (χ0v) is 17.9. The molecule has 1 unspecified atom stereocenters. The first-order valence-corrected chi connectivity index (χ1v) is 10.9. The lowest BCUT2D eigenvalue weighted by Gasteiger charge is -2.33. The van der Waals surface area contributed by atoms with E-state index in [0.717, 1.165) is 41.6 Å². The number of aryl methyl sites for hydroxylation is 1. The Labute approximate surface area is 183 Å². The third kappa shape index (κ3) is 5.63. The fraction of sp³-hybridized carbons (Fsp3) is 0.308. The van der Waals surface area contributed by atoms with Gasteiger partial charge >= 0.3 is 6.03 Å². The predicted octanol–water partition coefficient (Wildman–Crippen LogP) is 4.75. The van der Waals surface area contributed by atoms with Crippen molar-refractivity contribution in [1.82, 2.24) is 10.2 Å². The number of rotatable bonds is 5. The van der Waals surface area contributed by atoms with Gasteiger partial charge in [0.05, 0.1) is 6.42 Å². The van der Waals surface area contributed by atoms with Crippen LogP contribution in [0.3, 0.4) is 0 Å². The predicted molar refractivity (Wildman–Crippen MR) is 125 cm³/mol. The molecule has 0 aliphatic carbocycles. The van der Waals surface area contributed by atoms with Crippen molar-refractivity contribution in [2.45, 2.75) is 26.2 Å². The third-order valence-electron chi connectivity index (χ3n) is 5.90. The highest BCUT2D eigenvalue weighted by atomic mass is 16.2. The van der Waals surface area contributed by atoms with Crippen molar-refractivity contribution in [3.8, 4) is 0 Å². The highest BCUT2D eigenvalue weighted by molar-refractivity contribution is 5.89. The molecule has 0 saturated carbocycles. The molecule has 3 aromatic carbocycles. The van der Waals surface area contributed by atoms with Crippen molar-refractivity contribution in [2.75, 3.05) is 25.0 Å². The average molecular weight is 416 g/mol. The van der Waals surface area contributed by atoms with Crippen LogP contribution in [0, 0.1) is 12.8 Å². The second-order valence-electron chi connectivity index (χ2n) is 8.41. The third-order valence-corrected chi connectivity index (χ3v) is 5.90. The Morgan fingerprint density at radius 1 is 1.00 bits per heavy atom. The van der Waals surface area contributed by atoms with Gasteiger partial charge in [0.1, 0.15) is 0 Å². The van der Waals surface area contributed by atoms with E-state index < -0.39 is 0 Å². The van der Waals surface area contributed by atoms with Crippen molar-refractivity contribution in [3.63, 3.8) is 0 Å². The average Bonchev–Trinajstić information content (AvgIpc) is 2.79. The number of carbonyl (C=O) groups excluding carboxylic acids is 2. The van der Waals surface area contributed by atoms with Crippen LogP contribution in [0.1, 0.15) is 24.0 Å². The van der Waals surface area contributed by atoms with E-state index in [-0.39, 0.29) is 17.9 Å². The molecule has 0 aromatic heterocycles. The molecule has 1 atom stereocenters. The quantitative estimate of drug-likeness (QED) is 0.632. The number of nitrogens with one attached hydrogen (secondary N) is 2. The van der Waals surface area contributed by atoms with E-state index >= 15 is 0 Å². The number of hydrogen-bond donors (Lipinski definition) is 2. The number of piperidine rings is 1. The van der Waals surface area contributed by atoms with Crippen LogP contribution in [0.15, 0.2) is 66.7 Å². The maximum absolute atomic E-state index is 12.9. The number of carbonyl (C=O) groups is 2. The summed E-state index contributed by atoms with van der Waals surface area (Å²) in [6.45, 7) is 4.06. The molecule has 3 amide bonds. The maximum Gasteiger partial charge on any atom is 0.319 e. The molecular formula is C26H29N3O2. The summed E-state index contributed by atoms with van der Waals surface area (Å²) >= 11 is 0. The lowest BCUT2D eigenvalue weighted by Crippen LogP contribution is -2.44. The number of urea groups is 1. The Balaban J connectivity index is 1.27. The zero-order valence-electron chi connectivity index (χ0n) is 17.9. The molecule has 4 rings (SSSR count). The van der Waals surface area contributed by atoms with Gasteiger partial charge in [-0.25, -0.2) is 4.79 Å². The first kappa shape index (κ1) is 20.9. The van der Waals surface area contributed by atoms with Gasteiger partial charge < -0.3 is 15.5 Å². The molecule has 0 spiro atoms. The molecule has 3 aromatic rings. The summed E-state index contributed by atoms with van der Waals surface area (Å²) in [5.74, 6) is 0.433. The van der Waals surface area contributed by atoms with Crippen LogP contribution < -0.4 is 10.6 Å². The van der Waals surface area contributed by atoms with Gasteiger partial charge in [-0.05, 0) is 54.2 Å². The fourth-order valence-corrected chi connectivity index (χ4v) is 4.14. The zero-order chi connectivity index (χ0) is 21.6. The molecule has 0 bridgehead atoms. The van der Waals surface area contributed by atoms with Gasteiger partial charge in [0.2, 0.25) is 5.91 Å². The summed E-state index contributed by atoms with van der Waals surface area (Å²) in [5, 5.41) is 8.16. The standard InChI is InChI=1S/C26H29N3O2/c1-19-8-12-24(13-9-19)28-26(31)27-17-21-5-4-14-29(18-21)25(30)16-20-10-11-22-6-2-3-7-23(22)15-20/h2-3,6-13,15,21H,4-5,14,16-18H2,1H3,(H2,27,28,31). The molecule has 5 nitrogen and oxygen atoms in total. The van der Waals surface area contributed by atoms with E-state index in [2.05, 4.69) is 34.9 Å². The molecule has 1 saturated heterocycles. The van der Waals surface area contributed by atoms with Crippen LogP contribution in [0.25, 0.3) is 10.8 Å². The summed E-state index contributed by atoms with van der Waals surface area (Å²) in [7, 11) is 0. The molecule has 1 aliphatic rings. The second kappa shape index (κ2) is 9.65. The molecule has 1 fully saturated rings. The van der Waals surface area contributed by atoms with E-state index in [4.69, 9.17) is 0 Å². The van der Waals surface area contributed by atoms with Crippen molar-refractivity contribution in [2.24, 2.45) is 5.92 Å². The Hall–Kier alpha value is -3.34. The van der Waals surface area contributed by atoms with Gasteiger partial charge in [0, 0.05) is 25.3 Å². The Bertz CT molecular complexity index is 1060. The molecule has 160 valence electrons. The van der Waals surface area contributed by atoms with Crippen molar-refractivity contribution < 1.29 is 9.59 Å². The normalized spacial score (nSPS) is 16.2. The van der Waals surface area contributed by atoms with Gasteiger partial charge in [-0.15, -0.1) is 0 Å². The molecule has 31 heavy (non-hydrogen) atoms. The number of likely N-dealkylation sites (tertiary alicyclic amines) is 1. The van der Waals surface area contributed by atoms with Crippen molar-refractivity contribution in [3.05, 3.63) is 77.9 Å². The SMILES string of the molecule is Cc1ccc(NC(=O)NCC2CCCN(C(=O)Cc3ccc4ccccc4c3)C2)cc1. The topological polar surface area (TPSA) is 61.4 Å². The van der Waals surface area contributed by atoms with Crippen LogP contribution in [0.2, 0.25) is 0 Å². The van der Waals surface area contributed by atoms with E-state index in [0.29, 0.717) is 19.5 Å². The lowest BCUT2D eigenvalue weighted by molar-refractivity contribution is -0.132. The highest BCUT2D eigenvalue weighted by Crippen LogP contribution is 2.19. The van der Waals surface area contributed by atoms with E-state index in [1.165, 1.54) is 5.39 Å². The van der Waals surface area contributed by atoms with Crippen molar-refractivity contribution in [1.29, 1.82) is 0 Å². The number of hydrogen-bond acceptors (Lipinski definition) is 2. The number of amides is 3. The lowest BCUT2D eigenvalue weighted by atomic mass is 9.97. The van der Waals surface area contributed by atoms with Crippen LogP contribution >= 0.6 is 0 Å². The summed E-state index contributed by atoms with van der Waals surface area (Å²) in [4.78, 5) is 27.0. The molecular weight excluding hydrogens is 386 g/mol. The fourth-order valence-electron chi connectivity index (χ4n) is 4.14. The van der Waals surface area contributed by atoms with Gasteiger partial charge in [0.15, 0.2) is 0 Å². The summed E-state index contributed by atoms with van der Waals surface area (Å²) in [6.07, 6.45) is 2.40. The second-order valence-corrected chi connectivity index (χ2v) is 8.41. The number of nitrogens with zero attached hydrogens (tertiary/aromatic N) is 1. The van der Waals surface area contributed by atoms with Gasteiger partial charge in [-0.1, -0.05) is 60.2 Å². The first-order valence-electron chi connectivity index (χ1n) is 10.9. The molecule has 0 radical (unpaired) electrons. The van der Waals surface area contributed by atoms with E-state index in [1.54, 1.807) is 0 Å². The highest BCUT2D eigenvalue weighted by Gasteiger charge is 2.24. The monoisotopic (exact) mass is 415 g/mol. The molecule has 1 aliphatic heterocycles.